The van der Waals surface area contributed by atoms with Gasteiger partial charge in [0, 0.05) is 0 Å². The molecule has 0 radical (unpaired) electrons. The van der Waals surface area contributed by atoms with Gasteiger partial charge in [0.05, 0.1) is 25.0 Å². The molecule has 4 N–H and O–H groups in total. The van der Waals surface area contributed by atoms with Gasteiger partial charge in [0.1, 0.15) is 24.4 Å². The first-order valence-electron chi connectivity index (χ1n) is 13.5. The van der Waals surface area contributed by atoms with Crippen LogP contribution in [0.2, 0.25) is 0 Å². The Morgan fingerprint density at radius 3 is 1.94 bits per heavy atom. The molecule has 1 rings (SSSR count). The summed E-state index contributed by atoms with van der Waals surface area (Å²) in [4.78, 5) is 23.7. The van der Waals surface area contributed by atoms with Crippen LogP contribution in [0.25, 0.3) is 0 Å². The number of aliphatic hydroxyl groups is 3. The molecule has 0 aliphatic carbocycles. The Kier molecular flexibility index (Phi) is 16.4. The number of carboxylic acid groups (broad SMARTS) is 1. The van der Waals surface area contributed by atoms with E-state index in [-0.39, 0.29) is 12.8 Å². The Labute approximate surface area is 210 Å². The second-order valence-electron chi connectivity index (χ2n) is 9.76. The van der Waals surface area contributed by atoms with Gasteiger partial charge in [-0.05, 0) is 19.8 Å². The molecule has 0 bridgehead atoms. The molecule has 0 spiro atoms. The molecule has 9 nitrogen and oxygen atoms in total. The fourth-order valence-corrected chi connectivity index (χ4v) is 4.36. The Bertz CT molecular complexity index is 585. The Hall–Kier alpha value is -1.26. The van der Waals surface area contributed by atoms with Gasteiger partial charge in [-0.3, -0.25) is 9.59 Å². The lowest BCUT2D eigenvalue weighted by molar-refractivity contribution is -0.304. The van der Waals surface area contributed by atoms with Crippen LogP contribution in [0.1, 0.15) is 111 Å². The van der Waals surface area contributed by atoms with E-state index < -0.39 is 54.9 Å². The second kappa shape index (κ2) is 18.1. The van der Waals surface area contributed by atoms with Crippen molar-refractivity contribution in [3.05, 3.63) is 0 Å². The second-order valence-corrected chi connectivity index (χ2v) is 9.76. The van der Waals surface area contributed by atoms with E-state index >= 15 is 0 Å². The van der Waals surface area contributed by atoms with Crippen molar-refractivity contribution in [1.82, 2.24) is 0 Å². The maximum absolute atomic E-state index is 12.6. The Balaban J connectivity index is 2.63. The van der Waals surface area contributed by atoms with Gasteiger partial charge < -0.3 is 34.6 Å². The topological polar surface area (TPSA) is 143 Å². The monoisotopic (exact) mass is 504 g/mol. The van der Waals surface area contributed by atoms with Crippen LogP contribution in [0, 0.1) is 0 Å². The van der Waals surface area contributed by atoms with Gasteiger partial charge in [-0.2, -0.15) is 0 Å². The van der Waals surface area contributed by atoms with Crippen LogP contribution < -0.4 is 0 Å². The van der Waals surface area contributed by atoms with E-state index in [4.69, 9.17) is 19.3 Å². The normalized spacial score (nSPS) is 26.3. The highest BCUT2D eigenvalue weighted by molar-refractivity contribution is 5.72. The van der Waals surface area contributed by atoms with E-state index in [0.717, 1.165) is 25.7 Å². The van der Waals surface area contributed by atoms with Crippen molar-refractivity contribution >= 4 is 11.9 Å². The maximum atomic E-state index is 12.6. The number of aliphatic carboxylic acids is 1. The van der Waals surface area contributed by atoms with Gasteiger partial charge >= 0.3 is 11.9 Å². The molecule has 0 aromatic rings. The van der Waals surface area contributed by atoms with Crippen LogP contribution in [0.15, 0.2) is 0 Å². The zero-order valence-electron chi connectivity index (χ0n) is 21.8. The predicted octanol–water partition coefficient (Wildman–Crippen LogP) is 3.70. The van der Waals surface area contributed by atoms with Gasteiger partial charge in [-0.25, -0.2) is 0 Å². The molecule has 0 amide bonds. The summed E-state index contributed by atoms with van der Waals surface area (Å²) in [5.41, 5.74) is 0. The molecule has 35 heavy (non-hydrogen) atoms. The number of hydrogen-bond acceptors (Lipinski definition) is 8. The first-order valence-corrected chi connectivity index (χ1v) is 13.5. The van der Waals surface area contributed by atoms with E-state index in [0.29, 0.717) is 19.3 Å². The average Bonchev–Trinajstić information content (AvgIpc) is 2.79. The Morgan fingerprint density at radius 2 is 1.37 bits per heavy atom. The first kappa shape index (κ1) is 31.8. The van der Waals surface area contributed by atoms with Crippen molar-refractivity contribution in [3.63, 3.8) is 0 Å². The fraction of sp³-hybridized carbons (Fsp3) is 0.923. The van der Waals surface area contributed by atoms with Crippen molar-refractivity contribution in [3.8, 4) is 0 Å². The number of rotatable bonds is 19. The van der Waals surface area contributed by atoms with Crippen molar-refractivity contribution in [2.45, 2.75) is 154 Å². The van der Waals surface area contributed by atoms with Crippen LogP contribution >= 0.6 is 0 Å². The fourth-order valence-electron chi connectivity index (χ4n) is 4.36. The van der Waals surface area contributed by atoms with Crippen molar-refractivity contribution in [1.29, 1.82) is 0 Å². The number of carboxylic acids is 1. The first-order chi connectivity index (χ1) is 16.7. The summed E-state index contributed by atoms with van der Waals surface area (Å²) in [7, 11) is 0. The summed E-state index contributed by atoms with van der Waals surface area (Å²) in [6.45, 7) is 5.66. The molecule has 1 saturated heterocycles. The molecular weight excluding hydrogens is 456 g/mol. The quantitative estimate of drug-likeness (QED) is 0.153. The van der Waals surface area contributed by atoms with Crippen molar-refractivity contribution in [2.75, 3.05) is 0 Å². The number of unbranched alkanes of at least 4 members (excludes halogenated alkanes) is 8. The van der Waals surface area contributed by atoms with Crippen LogP contribution in [-0.2, 0) is 23.8 Å². The molecule has 7 atom stereocenters. The summed E-state index contributed by atoms with van der Waals surface area (Å²) in [5, 5.41) is 39.4. The molecule has 1 fully saturated rings. The maximum Gasteiger partial charge on any atom is 0.308 e. The smallest absolute Gasteiger partial charge is 0.308 e. The lowest BCUT2D eigenvalue weighted by Gasteiger charge is -2.40. The molecule has 0 aromatic carbocycles. The molecular formula is C26H48O9. The SMILES string of the molecule is CCCCCCCCCCCC(CC(=O)OC(CCC)CC(=O)O)O[C@@H]1OC(C)[C@H](O)[C@H](O)C1O. The highest BCUT2D eigenvalue weighted by Crippen LogP contribution is 2.25. The average molecular weight is 505 g/mol. The number of aliphatic hydroxyl groups excluding tert-OH is 3. The minimum atomic E-state index is -1.46. The zero-order chi connectivity index (χ0) is 26.2. The standard InChI is InChI=1S/C26H48O9/c1-4-6-7-8-9-10-11-12-13-15-20(17-22(29)34-19(14-5-2)16-21(27)28)35-26-25(32)24(31)23(30)18(3)33-26/h18-20,23-26,30-32H,4-17H2,1-3H3,(H,27,28)/t18?,19?,20?,23-,24-,25?,26-/m0/s1. The number of carbonyl (C=O) groups excluding carboxylic acids is 1. The largest absolute Gasteiger partial charge is 0.481 e. The Morgan fingerprint density at radius 1 is 0.771 bits per heavy atom. The van der Waals surface area contributed by atoms with Crippen LogP contribution in [0.5, 0.6) is 0 Å². The molecule has 0 aromatic heterocycles. The van der Waals surface area contributed by atoms with Gasteiger partial charge in [0.25, 0.3) is 0 Å². The number of carbonyl (C=O) groups is 2. The summed E-state index contributed by atoms with van der Waals surface area (Å²) in [6, 6.07) is 0. The van der Waals surface area contributed by atoms with E-state index in [9.17, 15) is 24.9 Å². The van der Waals surface area contributed by atoms with Gasteiger partial charge in [0.15, 0.2) is 6.29 Å². The molecule has 1 aliphatic heterocycles. The van der Waals surface area contributed by atoms with Crippen LogP contribution in [-0.4, -0.2) is 75.3 Å². The molecule has 1 aliphatic rings. The van der Waals surface area contributed by atoms with Gasteiger partial charge in [-0.1, -0.05) is 78.1 Å². The summed E-state index contributed by atoms with van der Waals surface area (Å²) >= 11 is 0. The molecule has 9 heteroatoms. The van der Waals surface area contributed by atoms with Gasteiger partial charge in [-0.15, -0.1) is 0 Å². The van der Waals surface area contributed by atoms with Crippen molar-refractivity contribution < 1.29 is 44.2 Å². The summed E-state index contributed by atoms with van der Waals surface area (Å²) in [5.74, 6) is -1.59. The summed E-state index contributed by atoms with van der Waals surface area (Å²) < 4.78 is 16.8. The highest BCUT2D eigenvalue weighted by Gasteiger charge is 2.43. The zero-order valence-corrected chi connectivity index (χ0v) is 21.8. The third-order valence-corrected chi connectivity index (χ3v) is 6.47. The molecule has 206 valence electrons. The minimum absolute atomic E-state index is 0.115. The molecule has 4 unspecified atom stereocenters. The highest BCUT2D eigenvalue weighted by atomic mass is 16.7. The van der Waals surface area contributed by atoms with E-state index in [1.807, 2.05) is 6.92 Å². The number of esters is 1. The van der Waals surface area contributed by atoms with Crippen LogP contribution in [0.3, 0.4) is 0 Å². The third-order valence-electron chi connectivity index (χ3n) is 6.47. The molecule has 0 saturated carbocycles. The number of ether oxygens (including phenoxy) is 3. The van der Waals surface area contributed by atoms with E-state index in [2.05, 4.69) is 6.92 Å². The van der Waals surface area contributed by atoms with Crippen molar-refractivity contribution in [2.24, 2.45) is 0 Å². The predicted molar refractivity (Wildman–Crippen MR) is 131 cm³/mol. The van der Waals surface area contributed by atoms with Gasteiger partial charge in [0.2, 0.25) is 0 Å². The third kappa shape index (κ3) is 13.0. The molecule has 1 heterocycles. The van der Waals surface area contributed by atoms with E-state index in [1.165, 1.54) is 32.1 Å². The number of hydrogen-bond donors (Lipinski definition) is 4. The lowest BCUT2D eigenvalue weighted by Crippen LogP contribution is -2.58. The lowest BCUT2D eigenvalue weighted by atomic mass is 9.99. The summed E-state index contributed by atoms with van der Waals surface area (Å²) in [6.07, 6.45) is 4.20. The van der Waals surface area contributed by atoms with Crippen LogP contribution in [0.4, 0.5) is 0 Å². The minimum Gasteiger partial charge on any atom is -0.481 e. The van der Waals surface area contributed by atoms with E-state index in [1.54, 1.807) is 6.92 Å².